The number of pyridine rings is 1. The zero-order chi connectivity index (χ0) is 18.5. The minimum Gasteiger partial charge on any atom is -0.395 e. The Labute approximate surface area is 153 Å². The number of para-hydroxylation sites is 1. The molecule has 1 atom stereocenters. The van der Waals surface area contributed by atoms with Crippen LogP contribution in [0.3, 0.4) is 0 Å². The second kappa shape index (κ2) is 7.58. The Balaban J connectivity index is 1.97. The Kier molecular flexibility index (Phi) is 5.04. The van der Waals surface area contributed by atoms with Gasteiger partial charge in [0.15, 0.2) is 5.82 Å². The maximum atomic E-state index is 9.58. The highest BCUT2D eigenvalue weighted by molar-refractivity contribution is 5.78. The summed E-state index contributed by atoms with van der Waals surface area (Å²) in [6, 6.07) is 21.9. The molecule has 5 nitrogen and oxygen atoms in total. The molecule has 5 heteroatoms. The summed E-state index contributed by atoms with van der Waals surface area (Å²) in [7, 11) is 0. The van der Waals surface area contributed by atoms with Gasteiger partial charge in [-0.25, -0.2) is 4.98 Å². The van der Waals surface area contributed by atoms with Gasteiger partial charge >= 0.3 is 0 Å². The number of nitriles is 1. The first-order valence-electron chi connectivity index (χ1n) is 8.44. The predicted octanol–water partition coefficient (Wildman–Crippen LogP) is 4.76. The zero-order valence-corrected chi connectivity index (χ0v) is 14.8. The van der Waals surface area contributed by atoms with Gasteiger partial charge in [0, 0.05) is 11.7 Å². The number of aromatic nitrogens is 1. The fourth-order valence-corrected chi connectivity index (χ4v) is 2.74. The number of hydrogen-bond donors (Lipinski definition) is 3. The van der Waals surface area contributed by atoms with Crippen molar-refractivity contribution in [2.24, 2.45) is 0 Å². The number of rotatable bonds is 5. The number of nitrogens with zero attached hydrogens (tertiary/aromatic N) is 2. The van der Waals surface area contributed by atoms with Crippen LogP contribution in [-0.4, -0.2) is 4.98 Å². The van der Waals surface area contributed by atoms with E-state index in [2.05, 4.69) is 21.7 Å². The normalized spacial score (nSPS) is 11.4. The van der Waals surface area contributed by atoms with Crippen molar-refractivity contribution in [2.45, 2.75) is 19.9 Å². The lowest BCUT2D eigenvalue weighted by Gasteiger charge is -2.19. The summed E-state index contributed by atoms with van der Waals surface area (Å²) < 4.78 is 0. The van der Waals surface area contributed by atoms with Crippen molar-refractivity contribution < 1.29 is 0 Å². The molecular weight excluding hydrogens is 322 g/mol. The molecule has 0 radical (unpaired) electrons. The van der Waals surface area contributed by atoms with Gasteiger partial charge < -0.3 is 16.4 Å². The maximum absolute atomic E-state index is 9.58. The number of anilines is 4. The van der Waals surface area contributed by atoms with Crippen LogP contribution in [0.15, 0.2) is 60.7 Å². The van der Waals surface area contributed by atoms with E-state index in [1.165, 1.54) is 0 Å². The van der Waals surface area contributed by atoms with Gasteiger partial charge in [-0.05, 0) is 37.1 Å². The molecule has 0 saturated carbocycles. The molecule has 130 valence electrons. The third-order valence-corrected chi connectivity index (χ3v) is 4.30. The molecule has 0 spiro atoms. The molecule has 1 heterocycles. The molecule has 3 rings (SSSR count). The highest BCUT2D eigenvalue weighted by Gasteiger charge is 2.17. The SMILES string of the molecule is Cc1c(N)c(Nc2ccccc2)nc(NC(C)c2ccccc2)c1C#N. The van der Waals surface area contributed by atoms with Crippen molar-refractivity contribution in [3.63, 3.8) is 0 Å². The van der Waals surface area contributed by atoms with Crippen LogP contribution in [0.1, 0.15) is 29.7 Å². The van der Waals surface area contributed by atoms with Crippen LogP contribution in [-0.2, 0) is 0 Å². The van der Waals surface area contributed by atoms with Gasteiger partial charge in [0.1, 0.15) is 11.9 Å². The molecule has 0 fully saturated rings. The van der Waals surface area contributed by atoms with E-state index in [1.54, 1.807) is 0 Å². The second-order valence-electron chi connectivity index (χ2n) is 6.10. The summed E-state index contributed by atoms with van der Waals surface area (Å²) in [4.78, 5) is 4.59. The Morgan fingerprint density at radius 1 is 1.00 bits per heavy atom. The lowest BCUT2D eigenvalue weighted by Crippen LogP contribution is -2.12. The third-order valence-electron chi connectivity index (χ3n) is 4.30. The first-order valence-corrected chi connectivity index (χ1v) is 8.44. The highest BCUT2D eigenvalue weighted by atomic mass is 15.1. The molecule has 3 aromatic rings. The third kappa shape index (κ3) is 3.60. The molecule has 0 aliphatic carbocycles. The number of benzene rings is 2. The van der Waals surface area contributed by atoms with E-state index in [1.807, 2.05) is 74.5 Å². The van der Waals surface area contributed by atoms with Crippen molar-refractivity contribution in [3.8, 4) is 6.07 Å². The van der Waals surface area contributed by atoms with Crippen LogP contribution < -0.4 is 16.4 Å². The summed E-state index contributed by atoms with van der Waals surface area (Å²) in [5.74, 6) is 1.06. The van der Waals surface area contributed by atoms with E-state index < -0.39 is 0 Å². The molecule has 1 aromatic heterocycles. The summed E-state index contributed by atoms with van der Waals surface area (Å²) in [6.45, 7) is 3.87. The lowest BCUT2D eigenvalue weighted by molar-refractivity contribution is 0.873. The Morgan fingerprint density at radius 3 is 2.23 bits per heavy atom. The van der Waals surface area contributed by atoms with E-state index in [-0.39, 0.29) is 6.04 Å². The monoisotopic (exact) mass is 343 g/mol. The second-order valence-corrected chi connectivity index (χ2v) is 6.10. The molecular formula is C21H21N5. The molecule has 0 amide bonds. The maximum Gasteiger partial charge on any atom is 0.156 e. The topological polar surface area (TPSA) is 86.8 Å². The minimum atomic E-state index is 0.00315. The number of nitrogens with two attached hydrogens (primary N) is 1. The van der Waals surface area contributed by atoms with Crippen LogP contribution in [0.2, 0.25) is 0 Å². The predicted molar refractivity (Wildman–Crippen MR) is 106 cm³/mol. The number of nitrogen functional groups attached to an aromatic ring is 1. The Morgan fingerprint density at radius 2 is 1.62 bits per heavy atom. The van der Waals surface area contributed by atoms with Crippen LogP contribution in [0.5, 0.6) is 0 Å². The minimum absolute atomic E-state index is 0.00315. The molecule has 0 aliphatic rings. The van der Waals surface area contributed by atoms with Gasteiger partial charge in [-0.3, -0.25) is 0 Å². The lowest BCUT2D eigenvalue weighted by atomic mass is 10.1. The van der Waals surface area contributed by atoms with Crippen molar-refractivity contribution in [1.82, 2.24) is 4.98 Å². The van der Waals surface area contributed by atoms with E-state index >= 15 is 0 Å². The number of nitrogens with one attached hydrogen (secondary N) is 2. The quantitative estimate of drug-likeness (QED) is 0.622. The first-order chi connectivity index (χ1) is 12.6. The zero-order valence-electron chi connectivity index (χ0n) is 14.8. The average molecular weight is 343 g/mol. The average Bonchev–Trinajstić information content (AvgIpc) is 2.67. The van der Waals surface area contributed by atoms with Crippen molar-refractivity contribution >= 4 is 23.0 Å². The van der Waals surface area contributed by atoms with E-state index in [9.17, 15) is 5.26 Å². The van der Waals surface area contributed by atoms with Crippen LogP contribution >= 0.6 is 0 Å². The fraction of sp³-hybridized carbons (Fsp3) is 0.143. The molecule has 1 unspecified atom stereocenters. The molecule has 0 bridgehead atoms. The van der Waals surface area contributed by atoms with Crippen molar-refractivity contribution in [3.05, 3.63) is 77.4 Å². The van der Waals surface area contributed by atoms with Crippen LogP contribution in [0.4, 0.5) is 23.0 Å². The Hall–Kier alpha value is -3.52. The smallest absolute Gasteiger partial charge is 0.156 e. The van der Waals surface area contributed by atoms with Crippen molar-refractivity contribution in [1.29, 1.82) is 5.26 Å². The Bertz CT molecular complexity index is 930. The van der Waals surface area contributed by atoms with E-state index in [0.717, 1.165) is 11.3 Å². The van der Waals surface area contributed by atoms with E-state index in [4.69, 9.17) is 5.73 Å². The van der Waals surface area contributed by atoms with Gasteiger partial charge in [0.05, 0.1) is 11.3 Å². The first kappa shape index (κ1) is 17.3. The largest absolute Gasteiger partial charge is 0.395 e. The van der Waals surface area contributed by atoms with Crippen LogP contribution in [0, 0.1) is 18.3 Å². The summed E-state index contributed by atoms with van der Waals surface area (Å²) in [6.07, 6.45) is 0. The molecule has 0 aliphatic heterocycles. The van der Waals surface area contributed by atoms with Gasteiger partial charge in [-0.2, -0.15) is 5.26 Å². The van der Waals surface area contributed by atoms with Gasteiger partial charge in [0.25, 0.3) is 0 Å². The highest BCUT2D eigenvalue weighted by Crippen LogP contribution is 2.32. The van der Waals surface area contributed by atoms with Gasteiger partial charge in [-0.15, -0.1) is 0 Å². The summed E-state index contributed by atoms with van der Waals surface area (Å²) >= 11 is 0. The number of hydrogen-bond acceptors (Lipinski definition) is 5. The summed E-state index contributed by atoms with van der Waals surface area (Å²) in [5, 5.41) is 16.2. The standard InChI is InChI=1S/C21H21N5/c1-14-18(13-22)20(24-15(2)16-9-5-3-6-10-16)26-21(19(14)23)25-17-11-7-4-8-12-17/h3-12,15H,23H2,1-2H3,(H2,24,25,26). The van der Waals surface area contributed by atoms with Crippen molar-refractivity contribution in [2.75, 3.05) is 16.4 Å². The van der Waals surface area contributed by atoms with E-state index in [0.29, 0.717) is 28.5 Å². The molecule has 4 N–H and O–H groups in total. The van der Waals surface area contributed by atoms with Gasteiger partial charge in [0.2, 0.25) is 0 Å². The summed E-state index contributed by atoms with van der Waals surface area (Å²) in [5.41, 5.74) is 9.87. The molecule has 26 heavy (non-hydrogen) atoms. The van der Waals surface area contributed by atoms with Gasteiger partial charge in [-0.1, -0.05) is 48.5 Å². The molecule has 0 saturated heterocycles. The fourth-order valence-electron chi connectivity index (χ4n) is 2.74. The molecule has 2 aromatic carbocycles. The van der Waals surface area contributed by atoms with Crippen LogP contribution in [0.25, 0.3) is 0 Å².